The van der Waals surface area contributed by atoms with Crippen LogP contribution in [0.4, 0.5) is 15.3 Å². The van der Waals surface area contributed by atoms with Gasteiger partial charge in [-0.05, 0) is 80.7 Å². The van der Waals surface area contributed by atoms with E-state index >= 15 is 0 Å². The minimum atomic E-state index is -0.454. The number of nitrogens with one attached hydrogen (secondary N) is 2. The van der Waals surface area contributed by atoms with Crippen molar-refractivity contribution >= 4 is 40.8 Å². The van der Waals surface area contributed by atoms with Crippen molar-refractivity contribution in [2.75, 3.05) is 84.5 Å². The molecule has 0 bridgehead atoms. The van der Waals surface area contributed by atoms with E-state index in [0.717, 1.165) is 107 Å². The van der Waals surface area contributed by atoms with Crippen LogP contribution in [0.5, 0.6) is 0 Å². The molecule has 0 spiro atoms. The Kier molecular flexibility index (Phi) is 17.6. The number of methoxy groups -OCH3 is 1. The molecule has 1 aromatic heterocycles. The zero-order valence-corrected chi connectivity index (χ0v) is 36.0. The number of piperidine rings is 2. The number of fused-ring (bicyclic) bond motifs is 2. The second kappa shape index (κ2) is 22.8. The molecule has 3 fully saturated rings. The number of aromatic nitrogens is 1. The van der Waals surface area contributed by atoms with Crippen LogP contribution in [0.2, 0.25) is 0 Å². The number of carbonyl (C=O) groups is 4. The number of likely N-dealkylation sites (tertiary alicyclic amines) is 2. The standard InChI is InChI=1S/C29H44N4O5.C16H21N3O3.CH4/c1-4-5-6-7-16-37-26(34)20-31-12-14-32(15-13-31)24-8-10-33(11-9-24)28(35)22(3)18-23-17-21(2)27-25(19-23)38-29(36)30-27;1-22-16(21)18-9-7-13(8-10-18)19-11-6-12-4-2-3-5-14(12)17-15(19)20;/h17,19,22,24H,4-16,18,20H2,1-3H3,(H,30,36);2-5,13H,6-11H2,1H3,(H,17,20);1H4/t22-;;/m1../s1. The number of aryl methyl sites for hydroxylation is 1. The number of urea groups is 1. The maximum absolute atomic E-state index is 13.2. The van der Waals surface area contributed by atoms with Crippen molar-refractivity contribution in [3.8, 4) is 0 Å². The first-order chi connectivity index (χ1) is 29.0. The van der Waals surface area contributed by atoms with Gasteiger partial charge in [0, 0.05) is 82.6 Å². The Balaban J connectivity index is 0.000000260. The molecule has 0 radical (unpaired) electrons. The molecular weight excluding hydrogens is 779 g/mol. The fraction of sp³-hybridized carbons (Fsp3) is 0.630. The van der Waals surface area contributed by atoms with Gasteiger partial charge in [-0.2, -0.15) is 0 Å². The van der Waals surface area contributed by atoms with E-state index in [1.807, 2.05) is 54.0 Å². The van der Waals surface area contributed by atoms with E-state index in [1.165, 1.54) is 25.5 Å². The number of amides is 4. The number of piperazine rings is 1. The van der Waals surface area contributed by atoms with Crippen molar-refractivity contribution in [3.63, 3.8) is 0 Å². The molecule has 4 aliphatic rings. The molecule has 4 amide bonds. The summed E-state index contributed by atoms with van der Waals surface area (Å²) in [6.07, 6.45) is 9.19. The fourth-order valence-corrected chi connectivity index (χ4v) is 9.07. The summed E-state index contributed by atoms with van der Waals surface area (Å²) in [4.78, 5) is 73.9. The molecule has 0 unspecified atom stereocenters. The number of anilines is 1. The predicted octanol–water partition coefficient (Wildman–Crippen LogP) is 6.28. The number of H-pyrrole nitrogens is 1. The lowest BCUT2D eigenvalue weighted by Gasteiger charge is -2.43. The lowest BCUT2D eigenvalue weighted by atomic mass is 9.96. The quantitative estimate of drug-likeness (QED) is 0.157. The molecule has 15 nitrogen and oxygen atoms in total. The van der Waals surface area contributed by atoms with Crippen LogP contribution in [0.25, 0.3) is 11.1 Å². The first-order valence-electron chi connectivity index (χ1n) is 22.0. The topological polar surface area (TPSA) is 161 Å². The third-order valence-corrected chi connectivity index (χ3v) is 12.5. The Morgan fingerprint density at radius 1 is 0.869 bits per heavy atom. The van der Waals surface area contributed by atoms with Crippen LogP contribution in [0.15, 0.2) is 45.6 Å². The zero-order chi connectivity index (χ0) is 42.6. The van der Waals surface area contributed by atoms with Crippen LogP contribution in [0, 0.1) is 12.8 Å². The number of ether oxygens (including phenoxy) is 2. The van der Waals surface area contributed by atoms with Crippen LogP contribution < -0.4 is 11.1 Å². The van der Waals surface area contributed by atoms with Gasteiger partial charge in [0.15, 0.2) is 5.58 Å². The largest absolute Gasteiger partial charge is 0.465 e. The highest BCUT2D eigenvalue weighted by Gasteiger charge is 2.33. The molecule has 2 aromatic carbocycles. The van der Waals surface area contributed by atoms with E-state index in [2.05, 4.69) is 33.1 Å². The highest BCUT2D eigenvalue weighted by molar-refractivity contribution is 5.91. The molecule has 15 heteroatoms. The number of benzene rings is 2. The van der Waals surface area contributed by atoms with Gasteiger partial charge in [-0.3, -0.25) is 24.4 Å². The molecule has 336 valence electrons. The second-order valence-corrected chi connectivity index (χ2v) is 16.8. The predicted molar refractivity (Wildman–Crippen MR) is 237 cm³/mol. The lowest BCUT2D eigenvalue weighted by Crippen LogP contribution is -2.54. The number of aromatic amines is 1. The number of hydrogen-bond donors (Lipinski definition) is 2. The molecule has 3 aromatic rings. The summed E-state index contributed by atoms with van der Waals surface area (Å²) in [6.45, 7) is 14.2. The number of carbonyl (C=O) groups excluding carboxylic acids is 4. The third-order valence-electron chi connectivity index (χ3n) is 12.5. The highest BCUT2D eigenvalue weighted by atomic mass is 16.5. The van der Waals surface area contributed by atoms with Crippen molar-refractivity contribution in [1.82, 2.24) is 29.5 Å². The SMILES string of the molecule is C.CCCCCCOC(=O)CN1CCN(C2CCN(C(=O)[C@H](C)Cc3cc(C)c4[nH]c(=O)oc4c3)CC2)CC1.COC(=O)N1CCC(N2CCc3ccccc3NC2=O)CC1. The van der Waals surface area contributed by atoms with Gasteiger partial charge in [0.25, 0.3) is 0 Å². The fourth-order valence-electron chi connectivity index (χ4n) is 9.07. The van der Waals surface area contributed by atoms with Gasteiger partial charge in [0.2, 0.25) is 5.91 Å². The molecule has 5 heterocycles. The average Bonchev–Trinajstić information content (AvgIpc) is 3.56. The summed E-state index contributed by atoms with van der Waals surface area (Å²) in [5.41, 5.74) is 5.30. The number of esters is 1. The van der Waals surface area contributed by atoms with Crippen LogP contribution in [0.1, 0.15) is 89.3 Å². The number of nitrogens with zero attached hydrogens (tertiary/aromatic N) is 5. The van der Waals surface area contributed by atoms with Gasteiger partial charge in [-0.1, -0.05) is 64.8 Å². The lowest BCUT2D eigenvalue weighted by molar-refractivity contribution is -0.145. The van der Waals surface area contributed by atoms with E-state index in [4.69, 9.17) is 13.9 Å². The Morgan fingerprint density at radius 2 is 1.56 bits per heavy atom. The van der Waals surface area contributed by atoms with Crippen molar-refractivity contribution in [2.45, 2.75) is 104 Å². The molecule has 61 heavy (non-hydrogen) atoms. The molecule has 0 aliphatic carbocycles. The van der Waals surface area contributed by atoms with E-state index in [0.29, 0.717) is 50.8 Å². The van der Waals surface area contributed by atoms with Crippen LogP contribution in [0.3, 0.4) is 0 Å². The van der Waals surface area contributed by atoms with Gasteiger partial charge < -0.3 is 33.9 Å². The second-order valence-electron chi connectivity index (χ2n) is 16.8. The number of hydrogen-bond acceptors (Lipinski definition) is 10. The normalized spacial score (nSPS) is 18.6. The molecule has 7 rings (SSSR count). The van der Waals surface area contributed by atoms with Crippen molar-refractivity contribution < 1.29 is 33.1 Å². The minimum absolute atomic E-state index is 0. The average molecular weight is 848 g/mol. The smallest absolute Gasteiger partial charge is 0.417 e. The third kappa shape index (κ3) is 12.8. The maximum atomic E-state index is 13.2. The molecule has 1 atom stereocenters. The molecule has 3 saturated heterocycles. The molecule has 2 N–H and O–H groups in total. The van der Waals surface area contributed by atoms with Crippen LogP contribution in [-0.2, 0) is 31.9 Å². The number of oxazole rings is 1. The van der Waals surface area contributed by atoms with Crippen molar-refractivity contribution in [3.05, 3.63) is 63.6 Å². The summed E-state index contributed by atoms with van der Waals surface area (Å²) in [5, 5.41) is 3.00. The minimum Gasteiger partial charge on any atom is -0.465 e. The van der Waals surface area contributed by atoms with Crippen LogP contribution in [-0.4, -0.2) is 145 Å². The first kappa shape index (κ1) is 47.2. The summed E-state index contributed by atoms with van der Waals surface area (Å²) >= 11 is 0. The number of unbranched alkanes of at least 4 members (excludes halogenated alkanes) is 3. The highest BCUT2D eigenvalue weighted by Crippen LogP contribution is 2.26. The summed E-state index contributed by atoms with van der Waals surface area (Å²) in [6, 6.07) is 12.4. The van der Waals surface area contributed by atoms with E-state index < -0.39 is 5.76 Å². The van der Waals surface area contributed by atoms with Gasteiger partial charge in [-0.25, -0.2) is 14.4 Å². The van der Waals surface area contributed by atoms with Gasteiger partial charge >= 0.3 is 23.8 Å². The van der Waals surface area contributed by atoms with Crippen molar-refractivity contribution in [2.24, 2.45) is 5.92 Å². The van der Waals surface area contributed by atoms with Crippen LogP contribution >= 0.6 is 0 Å². The Hall–Kier alpha value is -4.89. The number of para-hydroxylation sites is 1. The summed E-state index contributed by atoms with van der Waals surface area (Å²) < 4.78 is 15.4. The van der Waals surface area contributed by atoms with E-state index in [1.54, 1.807) is 4.90 Å². The molecule has 0 saturated carbocycles. The Labute approximate surface area is 361 Å². The first-order valence-corrected chi connectivity index (χ1v) is 22.0. The molecule has 4 aliphatic heterocycles. The Morgan fingerprint density at radius 3 is 2.26 bits per heavy atom. The zero-order valence-electron chi connectivity index (χ0n) is 36.0. The van der Waals surface area contributed by atoms with Gasteiger partial charge in [0.05, 0.1) is 25.8 Å². The van der Waals surface area contributed by atoms with E-state index in [-0.39, 0.29) is 43.4 Å². The van der Waals surface area contributed by atoms with E-state index in [9.17, 15) is 24.0 Å². The van der Waals surface area contributed by atoms with Crippen molar-refractivity contribution in [1.29, 1.82) is 0 Å². The van der Waals surface area contributed by atoms with Gasteiger partial charge in [0.1, 0.15) is 0 Å². The monoisotopic (exact) mass is 848 g/mol. The molecular formula is C46H69N7O8. The van der Waals surface area contributed by atoms with Gasteiger partial charge in [-0.15, -0.1) is 0 Å². The number of rotatable bonds is 12. The Bertz CT molecular complexity index is 1960. The summed E-state index contributed by atoms with van der Waals surface area (Å²) in [5.74, 6) is -0.508. The maximum Gasteiger partial charge on any atom is 0.417 e. The summed E-state index contributed by atoms with van der Waals surface area (Å²) in [7, 11) is 1.40.